The Morgan fingerprint density at radius 1 is 1.33 bits per heavy atom. The van der Waals surface area contributed by atoms with Crippen molar-refractivity contribution in [2.75, 3.05) is 18.2 Å². The molecule has 0 spiro atoms. The number of carbonyl (C=O) groups is 2. The average molecular weight is 349 g/mol. The van der Waals surface area contributed by atoms with E-state index < -0.39 is 5.91 Å². The van der Waals surface area contributed by atoms with Gasteiger partial charge in [0.2, 0.25) is 11.8 Å². The van der Waals surface area contributed by atoms with E-state index in [0.29, 0.717) is 29.0 Å². The molecular formula is C15H19N5O3S. The monoisotopic (exact) mass is 349 g/mol. The zero-order chi connectivity index (χ0) is 17.5. The van der Waals surface area contributed by atoms with E-state index in [2.05, 4.69) is 15.5 Å². The highest BCUT2D eigenvalue weighted by atomic mass is 32.2. The van der Waals surface area contributed by atoms with Gasteiger partial charge in [0.15, 0.2) is 5.16 Å². The Balaban J connectivity index is 2.07. The van der Waals surface area contributed by atoms with Crippen molar-refractivity contribution in [2.24, 2.45) is 5.73 Å². The Morgan fingerprint density at radius 2 is 2.08 bits per heavy atom. The highest BCUT2D eigenvalue weighted by Crippen LogP contribution is 2.23. The summed E-state index contributed by atoms with van der Waals surface area (Å²) in [6, 6.07) is 7.16. The lowest BCUT2D eigenvalue weighted by atomic mass is 10.2. The molecule has 0 bridgehead atoms. The summed E-state index contributed by atoms with van der Waals surface area (Å²) in [5.41, 5.74) is 5.73. The maximum absolute atomic E-state index is 12.3. The molecule has 2 rings (SSSR count). The molecule has 1 aromatic carbocycles. The van der Waals surface area contributed by atoms with Crippen LogP contribution < -0.4 is 15.8 Å². The normalized spacial score (nSPS) is 10.4. The van der Waals surface area contributed by atoms with Gasteiger partial charge in [0.05, 0.1) is 25.0 Å². The van der Waals surface area contributed by atoms with Crippen LogP contribution in [0.4, 0.5) is 5.69 Å². The van der Waals surface area contributed by atoms with Crippen LogP contribution in [-0.4, -0.2) is 39.4 Å². The first-order valence-corrected chi connectivity index (χ1v) is 8.29. The van der Waals surface area contributed by atoms with Gasteiger partial charge in [-0.15, -0.1) is 10.2 Å². The van der Waals surface area contributed by atoms with Crippen LogP contribution in [0, 0.1) is 0 Å². The minimum absolute atomic E-state index is 0.0655. The van der Waals surface area contributed by atoms with Crippen molar-refractivity contribution in [3.05, 3.63) is 30.1 Å². The predicted molar refractivity (Wildman–Crippen MR) is 90.9 cm³/mol. The van der Waals surface area contributed by atoms with E-state index in [4.69, 9.17) is 10.5 Å². The lowest BCUT2D eigenvalue weighted by Crippen LogP contribution is -2.18. The summed E-state index contributed by atoms with van der Waals surface area (Å²) in [6.07, 6.45) is 0.0655. The molecule has 0 saturated heterocycles. The first kappa shape index (κ1) is 17.8. The minimum atomic E-state index is -0.430. The molecule has 0 fully saturated rings. The van der Waals surface area contributed by atoms with Gasteiger partial charge in [-0.3, -0.25) is 9.59 Å². The molecule has 0 saturated carbocycles. The van der Waals surface area contributed by atoms with Crippen molar-refractivity contribution < 1.29 is 14.3 Å². The Labute approximate surface area is 143 Å². The van der Waals surface area contributed by atoms with Crippen molar-refractivity contribution in [1.82, 2.24) is 14.8 Å². The smallest absolute Gasteiger partial charge is 0.232 e. The van der Waals surface area contributed by atoms with Gasteiger partial charge in [-0.1, -0.05) is 23.9 Å². The fourth-order valence-electron chi connectivity index (χ4n) is 2.10. The number of aromatic nitrogens is 3. The number of thioether (sulfide) groups is 1. The zero-order valence-corrected chi connectivity index (χ0v) is 14.3. The lowest BCUT2D eigenvalue weighted by molar-refractivity contribution is -0.116. The number of rotatable bonds is 8. The molecular weight excluding hydrogens is 330 g/mol. The van der Waals surface area contributed by atoms with Gasteiger partial charge in [-0.05, 0) is 19.1 Å². The summed E-state index contributed by atoms with van der Waals surface area (Å²) in [5, 5.41) is 11.4. The Bertz CT molecular complexity index is 732. The Hall–Kier alpha value is -2.55. The molecule has 1 heterocycles. The standard InChI is InChI=1S/C15H19N5O3S/c1-3-20-13(18-19-15(20)24-9-12(16)21)8-14(22)17-10-6-4-5-7-11(10)23-2/h4-7H,3,8-9H2,1-2H3,(H2,16,21)(H,17,22). The first-order valence-electron chi connectivity index (χ1n) is 7.31. The number of para-hydroxylation sites is 2. The van der Waals surface area contributed by atoms with Crippen LogP contribution in [-0.2, 0) is 22.6 Å². The molecule has 0 atom stereocenters. The molecule has 2 aromatic rings. The third-order valence-corrected chi connectivity index (χ3v) is 4.14. The van der Waals surface area contributed by atoms with E-state index in [1.807, 2.05) is 19.1 Å². The zero-order valence-electron chi connectivity index (χ0n) is 13.5. The fraction of sp³-hybridized carbons (Fsp3) is 0.333. The molecule has 24 heavy (non-hydrogen) atoms. The van der Waals surface area contributed by atoms with Crippen molar-refractivity contribution >= 4 is 29.3 Å². The second kappa shape index (κ2) is 8.34. The Morgan fingerprint density at radius 3 is 2.75 bits per heavy atom. The van der Waals surface area contributed by atoms with E-state index in [-0.39, 0.29) is 18.1 Å². The first-order chi connectivity index (χ1) is 11.5. The van der Waals surface area contributed by atoms with Crippen molar-refractivity contribution in [3.8, 4) is 5.75 Å². The molecule has 8 nitrogen and oxygen atoms in total. The maximum Gasteiger partial charge on any atom is 0.232 e. The molecule has 0 aliphatic heterocycles. The number of ether oxygens (including phenoxy) is 1. The number of hydrogen-bond donors (Lipinski definition) is 2. The molecule has 9 heteroatoms. The third kappa shape index (κ3) is 4.48. The van der Waals surface area contributed by atoms with Crippen LogP contribution in [0.1, 0.15) is 12.7 Å². The summed E-state index contributed by atoms with van der Waals surface area (Å²) in [5.74, 6) is 0.567. The van der Waals surface area contributed by atoms with Crippen LogP contribution in [0.2, 0.25) is 0 Å². The largest absolute Gasteiger partial charge is 0.495 e. The number of anilines is 1. The third-order valence-electron chi connectivity index (χ3n) is 3.15. The van der Waals surface area contributed by atoms with Crippen LogP contribution in [0.5, 0.6) is 5.75 Å². The number of primary amides is 1. The van der Waals surface area contributed by atoms with E-state index >= 15 is 0 Å². The molecule has 2 amide bonds. The van der Waals surface area contributed by atoms with Crippen LogP contribution in [0.3, 0.4) is 0 Å². The summed E-state index contributed by atoms with van der Waals surface area (Å²) >= 11 is 1.20. The molecule has 0 radical (unpaired) electrons. The SMILES string of the molecule is CCn1c(CC(=O)Nc2ccccc2OC)nnc1SCC(N)=O. The Kier molecular flexibility index (Phi) is 6.19. The topological polar surface area (TPSA) is 112 Å². The highest BCUT2D eigenvalue weighted by Gasteiger charge is 2.16. The number of amides is 2. The van der Waals surface area contributed by atoms with Gasteiger partial charge >= 0.3 is 0 Å². The van der Waals surface area contributed by atoms with E-state index in [1.165, 1.54) is 11.8 Å². The molecule has 1 aromatic heterocycles. The average Bonchev–Trinajstić information content (AvgIpc) is 2.94. The van der Waals surface area contributed by atoms with Gasteiger partial charge in [-0.25, -0.2) is 0 Å². The predicted octanol–water partition coefficient (Wildman–Crippen LogP) is 1.07. The lowest BCUT2D eigenvalue weighted by Gasteiger charge is -2.10. The number of benzene rings is 1. The van der Waals surface area contributed by atoms with E-state index in [0.717, 1.165) is 0 Å². The summed E-state index contributed by atoms with van der Waals surface area (Å²) < 4.78 is 6.99. The van der Waals surface area contributed by atoms with Crippen molar-refractivity contribution in [1.29, 1.82) is 0 Å². The molecule has 0 aliphatic carbocycles. The second-order valence-electron chi connectivity index (χ2n) is 4.82. The number of nitrogens with zero attached hydrogens (tertiary/aromatic N) is 3. The fourth-order valence-corrected chi connectivity index (χ4v) is 2.86. The summed E-state index contributed by atoms with van der Waals surface area (Å²) in [7, 11) is 1.54. The molecule has 128 valence electrons. The van der Waals surface area contributed by atoms with Gasteiger partial charge in [0.1, 0.15) is 11.6 Å². The van der Waals surface area contributed by atoms with Crippen LogP contribution >= 0.6 is 11.8 Å². The number of methoxy groups -OCH3 is 1. The van der Waals surface area contributed by atoms with Gasteiger partial charge in [0.25, 0.3) is 0 Å². The number of hydrogen-bond acceptors (Lipinski definition) is 6. The summed E-state index contributed by atoms with van der Waals surface area (Å²) in [6.45, 7) is 2.50. The second-order valence-corrected chi connectivity index (χ2v) is 5.77. The van der Waals surface area contributed by atoms with Crippen LogP contribution in [0.15, 0.2) is 29.4 Å². The van der Waals surface area contributed by atoms with Gasteiger partial charge in [0, 0.05) is 6.54 Å². The number of nitrogens with one attached hydrogen (secondary N) is 1. The number of carbonyl (C=O) groups excluding carboxylic acids is 2. The molecule has 0 aliphatic rings. The van der Waals surface area contributed by atoms with Gasteiger partial charge in [-0.2, -0.15) is 0 Å². The van der Waals surface area contributed by atoms with E-state index in [1.54, 1.807) is 23.8 Å². The van der Waals surface area contributed by atoms with E-state index in [9.17, 15) is 9.59 Å². The minimum Gasteiger partial charge on any atom is -0.495 e. The molecule has 3 N–H and O–H groups in total. The summed E-state index contributed by atoms with van der Waals surface area (Å²) in [4.78, 5) is 23.2. The number of nitrogens with two attached hydrogens (primary N) is 1. The maximum atomic E-state index is 12.3. The molecule has 0 unspecified atom stereocenters. The highest BCUT2D eigenvalue weighted by molar-refractivity contribution is 7.99. The quantitative estimate of drug-likeness (QED) is 0.689. The van der Waals surface area contributed by atoms with Crippen molar-refractivity contribution in [3.63, 3.8) is 0 Å². The van der Waals surface area contributed by atoms with Gasteiger partial charge < -0.3 is 20.4 Å². The van der Waals surface area contributed by atoms with Crippen LogP contribution in [0.25, 0.3) is 0 Å². The van der Waals surface area contributed by atoms with Crippen molar-refractivity contribution in [2.45, 2.75) is 25.0 Å².